The Labute approximate surface area is 124 Å². The molecular weight excluding hydrogens is 386 g/mol. The number of rotatable bonds is 4. The van der Waals surface area contributed by atoms with Crippen LogP contribution in [0.1, 0.15) is 28.7 Å². The van der Waals surface area contributed by atoms with Crippen molar-refractivity contribution in [1.82, 2.24) is 4.98 Å². The average molecular weight is 395 g/mol. The lowest BCUT2D eigenvalue weighted by atomic mass is 10.2. The molecule has 2 aromatic heterocycles. The number of carboxylic acids is 1. The van der Waals surface area contributed by atoms with Gasteiger partial charge in [-0.15, -0.1) is 11.3 Å². The zero-order valence-electron chi connectivity index (χ0n) is 9.37. The summed E-state index contributed by atoms with van der Waals surface area (Å²) in [5, 5.41) is 9.72. The van der Waals surface area contributed by atoms with Crippen LogP contribution in [0.3, 0.4) is 0 Å². The molecular formula is C11H9Br2NO3S. The van der Waals surface area contributed by atoms with E-state index in [0.717, 1.165) is 22.2 Å². The zero-order valence-corrected chi connectivity index (χ0v) is 13.4. The van der Waals surface area contributed by atoms with E-state index in [4.69, 9.17) is 9.52 Å². The molecule has 1 N–H and O–H groups in total. The fraction of sp³-hybridized carbons (Fsp3) is 0.273. The van der Waals surface area contributed by atoms with Crippen LogP contribution in [0.25, 0.3) is 10.8 Å². The van der Waals surface area contributed by atoms with Crippen LogP contribution in [-0.2, 0) is 6.42 Å². The molecule has 0 aliphatic carbocycles. The number of thiazole rings is 1. The highest BCUT2D eigenvalue weighted by Gasteiger charge is 2.20. The summed E-state index contributed by atoms with van der Waals surface area (Å²) >= 11 is 7.70. The number of hydrogen-bond donors (Lipinski definition) is 1. The van der Waals surface area contributed by atoms with Crippen molar-refractivity contribution < 1.29 is 14.3 Å². The summed E-state index contributed by atoms with van der Waals surface area (Å²) in [6, 6.07) is 1.77. The number of carbonyl (C=O) groups is 1. The maximum Gasteiger partial charge on any atom is 0.347 e. The van der Waals surface area contributed by atoms with Crippen LogP contribution in [0.5, 0.6) is 0 Å². The summed E-state index contributed by atoms with van der Waals surface area (Å²) in [6.45, 7) is 1.99. The van der Waals surface area contributed by atoms with Gasteiger partial charge < -0.3 is 9.52 Å². The first-order chi connectivity index (χ1) is 8.52. The summed E-state index contributed by atoms with van der Waals surface area (Å²) in [6.07, 6.45) is 1.51. The van der Waals surface area contributed by atoms with Gasteiger partial charge in [0.05, 0.1) is 10.2 Å². The van der Waals surface area contributed by atoms with Crippen molar-refractivity contribution in [2.45, 2.75) is 19.8 Å². The van der Waals surface area contributed by atoms with Crippen LogP contribution in [0, 0.1) is 0 Å². The van der Waals surface area contributed by atoms with E-state index in [1.54, 1.807) is 6.07 Å². The number of aromatic nitrogens is 1. The Morgan fingerprint density at radius 1 is 1.56 bits per heavy atom. The molecule has 0 aliphatic rings. The standard InChI is InChI=1S/C11H9Br2NO3S/c1-2-3-6-8(11(15)16)18-10(14-6)7-4-5(12)9(13)17-7/h4H,2-3H2,1H3,(H,15,16). The third kappa shape index (κ3) is 2.67. The first-order valence-electron chi connectivity index (χ1n) is 5.21. The number of nitrogens with zero attached hydrogens (tertiary/aromatic N) is 1. The molecule has 0 fully saturated rings. The van der Waals surface area contributed by atoms with E-state index in [1.807, 2.05) is 6.92 Å². The maximum atomic E-state index is 11.1. The van der Waals surface area contributed by atoms with Crippen LogP contribution >= 0.6 is 43.2 Å². The third-order valence-electron chi connectivity index (χ3n) is 2.23. The van der Waals surface area contributed by atoms with Crippen molar-refractivity contribution >= 4 is 49.2 Å². The maximum absolute atomic E-state index is 11.1. The smallest absolute Gasteiger partial charge is 0.347 e. The second-order valence-electron chi connectivity index (χ2n) is 3.58. The minimum Gasteiger partial charge on any atom is -0.477 e. The van der Waals surface area contributed by atoms with Gasteiger partial charge in [-0.1, -0.05) is 13.3 Å². The molecule has 7 heteroatoms. The van der Waals surface area contributed by atoms with E-state index in [0.29, 0.717) is 27.6 Å². The Bertz CT molecular complexity index is 572. The first-order valence-corrected chi connectivity index (χ1v) is 7.61. The fourth-order valence-electron chi connectivity index (χ4n) is 1.48. The van der Waals surface area contributed by atoms with Gasteiger partial charge in [-0.05, 0) is 38.3 Å². The van der Waals surface area contributed by atoms with E-state index >= 15 is 0 Å². The molecule has 0 spiro atoms. The van der Waals surface area contributed by atoms with Crippen LogP contribution < -0.4 is 0 Å². The van der Waals surface area contributed by atoms with Gasteiger partial charge in [0.25, 0.3) is 0 Å². The molecule has 0 saturated carbocycles. The molecule has 18 heavy (non-hydrogen) atoms. The third-order valence-corrected chi connectivity index (χ3v) is 5.04. The largest absolute Gasteiger partial charge is 0.477 e. The van der Waals surface area contributed by atoms with Gasteiger partial charge in [-0.3, -0.25) is 0 Å². The summed E-state index contributed by atoms with van der Waals surface area (Å²) in [5.41, 5.74) is 0.619. The van der Waals surface area contributed by atoms with Crippen LogP contribution in [0.2, 0.25) is 0 Å². The number of furan rings is 1. The Morgan fingerprint density at radius 2 is 2.28 bits per heavy atom. The Kier molecular flexibility index (Phi) is 4.24. The van der Waals surface area contributed by atoms with Crippen molar-refractivity contribution in [2.75, 3.05) is 0 Å². The van der Waals surface area contributed by atoms with Crippen LogP contribution in [0.15, 0.2) is 19.6 Å². The molecule has 4 nitrogen and oxygen atoms in total. The van der Waals surface area contributed by atoms with Gasteiger partial charge in [-0.25, -0.2) is 9.78 Å². The topological polar surface area (TPSA) is 63.3 Å². The highest BCUT2D eigenvalue weighted by molar-refractivity contribution is 9.13. The molecule has 0 unspecified atom stereocenters. The quantitative estimate of drug-likeness (QED) is 0.824. The number of aromatic carboxylic acids is 1. The number of halogens is 2. The van der Waals surface area contributed by atoms with E-state index in [2.05, 4.69) is 36.8 Å². The van der Waals surface area contributed by atoms with Crippen molar-refractivity contribution in [3.63, 3.8) is 0 Å². The summed E-state index contributed by atoms with van der Waals surface area (Å²) in [7, 11) is 0. The van der Waals surface area contributed by atoms with E-state index in [1.165, 1.54) is 0 Å². The molecule has 2 rings (SSSR count). The second-order valence-corrected chi connectivity index (χ2v) is 6.16. The molecule has 96 valence electrons. The zero-order chi connectivity index (χ0) is 13.3. The molecule has 2 heterocycles. The monoisotopic (exact) mass is 393 g/mol. The van der Waals surface area contributed by atoms with E-state index in [-0.39, 0.29) is 4.88 Å². The molecule has 0 radical (unpaired) electrons. The molecule has 0 aromatic carbocycles. The van der Waals surface area contributed by atoms with Gasteiger partial charge in [0.2, 0.25) is 0 Å². The van der Waals surface area contributed by atoms with Gasteiger partial charge >= 0.3 is 5.97 Å². The fourth-order valence-corrected chi connectivity index (χ4v) is 2.96. The minimum atomic E-state index is -0.938. The SMILES string of the molecule is CCCc1nc(-c2cc(Br)c(Br)o2)sc1C(=O)O. The van der Waals surface area contributed by atoms with Crippen molar-refractivity contribution in [1.29, 1.82) is 0 Å². The van der Waals surface area contributed by atoms with Crippen molar-refractivity contribution in [3.05, 3.63) is 25.8 Å². The normalized spacial score (nSPS) is 10.8. The second kappa shape index (κ2) is 5.54. The van der Waals surface area contributed by atoms with Gasteiger partial charge in [0.1, 0.15) is 4.88 Å². The van der Waals surface area contributed by atoms with Crippen LogP contribution in [0.4, 0.5) is 0 Å². The van der Waals surface area contributed by atoms with E-state index in [9.17, 15) is 4.79 Å². The molecule has 0 aliphatic heterocycles. The minimum absolute atomic E-state index is 0.287. The molecule has 0 atom stereocenters. The van der Waals surface area contributed by atoms with Crippen molar-refractivity contribution in [3.8, 4) is 10.8 Å². The lowest BCUT2D eigenvalue weighted by Crippen LogP contribution is -1.98. The average Bonchev–Trinajstić information content (AvgIpc) is 2.85. The van der Waals surface area contributed by atoms with Crippen LogP contribution in [-0.4, -0.2) is 16.1 Å². The summed E-state index contributed by atoms with van der Waals surface area (Å²) in [4.78, 5) is 15.8. The van der Waals surface area contributed by atoms with Gasteiger partial charge in [-0.2, -0.15) is 0 Å². The van der Waals surface area contributed by atoms with Crippen molar-refractivity contribution in [2.24, 2.45) is 0 Å². The highest BCUT2D eigenvalue weighted by atomic mass is 79.9. The lowest BCUT2D eigenvalue weighted by molar-refractivity contribution is 0.0700. The number of carboxylic acid groups (broad SMARTS) is 1. The lowest BCUT2D eigenvalue weighted by Gasteiger charge is -1.92. The Morgan fingerprint density at radius 3 is 2.78 bits per heavy atom. The Hall–Kier alpha value is -0.660. The van der Waals surface area contributed by atoms with Gasteiger partial charge in [0, 0.05) is 6.07 Å². The highest BCUT2D eigenvalue weighted by Crippen LogP contribution is 2.35. The van der Waals surface area contributed by atoms with Gasteiger partial charge in [0.15, 0.2) is 15.4 Å². The molecule has 2 aromatic rings. The summed E-state index contributed by atoms with van der Waals surface area (Å²) in [5.74, 6) is -0.379. The molecule has 0 amide bonds. The van der Waals surface area contributed by atoms with E-state index < -0.39 is 5.97 Å². The first kappa shape index (κ1) is 13.8. The number of hydrogen-bond acceptors (Lipinski definition) is 4. The molecule has 0 bridgehead atoms. The number of aryl methyl sites for hydroxylation is 1. The predicted molar refractivity (Wildman–Crippen MR) is 76.2 cm³/mol. The summed E-state index contributed by atoms with van der Waals surface area (Å²) < 4.78 is 6.80. The Balaban J connectivity index is 2.45. The predicted octanol–water partition coefficient (Wildman–Crippen LogP) is 4.58. The molecule has 0 saturated heterocycles.